The summed E-state index contributed by atoms with van der Waals surface area (Å²) in [5.41, 5.74) is 0.710. The minimum Gasteiger partial charge on any atom is -0.362 e. The van der Waals surface area contributed by atoms with E-state index in [-0.39, 0.29) is 25.0 Å². The van der Waals surface area contributed by atoms with E-state index in [1.165, 1.54) is 0 Å². The number of carbonyl (C=O) groups excluding carboxylic acids is 2. The lowest BCUT2D eigenvalue weighted by Crippen LogP contribution is -2.30. The van der Waals surface area contributed by atoms with Gasteiger partial charge in [-0.1, -0.05) is 25.1 Å². The maximum Gasteiger partial charge on any atom is 0.250 e. The van der Waals surface area contributed by atoms with Gasteiger partial charge in [-0.2, -0.15) is 0 Å². The van der Waals surface area contributed by atoms with E-state index >= 15 is 0 Å². The Bertz CT molecular complexity index is 379. The highest BCUT2D eigenvalue weighted by molar-refractivity contribution is 5.91. The molecule has 0 atom stereocenters. The number of hydrogen-bond acceptors (Lipinski definition) is 3. The van der Waals surface area contributed by atoms with Gasteiger partial charge in [-0.3, -0.25) is 9.59 Å². The summed E-state index contributed by atoms with van der Waals surface area (Å²) < 4.78 is 5.00. The van der Waals surface area contributed by atoms with Crippen molar-refractivity contribution >= 4 is 17.5 Å². The van der Waals surface area contributed by atoms with E-state index in [2.05, 4.69) is 10.6 Å². The Kier molecular flexibility index (Phi) is 6.50. The quantitative estimate of drug-likeness (QED) is 0.763. The number of anilines is 1. The molecule has 0 unspecified atom stereocenters. The van der Waals surface area contributed by atoms with E-state index in [1.54, 1.807) is 12.1 Å². The molecule has 0 aliphatic rings. The molecular formula is C13H18N2O3. The van der Waals surface area contributed by atoms with Crippen molar-refractivity contribution in [3.63, 3.8) is 0 Å². The van der Waals surface area contributed by atoms with Gasteiger partial charge in [0.05, 0.1) is 0 Å². The Morgan fingerprint density at radius 1 is 1.11 bits per heavy atom. The van der Waals surface area contributed by atoms with Crippen molar-refractivity contribution in [2.75, 3.05) is 25.1 Å². The van der Waals surface area contributed by atoms with Crippen LogP contribution in [0, 0.1) is 0 Å². The van der Waals surface area contributed by atoms with Gasteiger partial charge < -0.3 is 15.4 Å². The molecule has 0 fully saturated rings. The first-order valence-corrected chi connectivity index (χ1v) is 5.91. The van der Waals surface area contributed by atoms with E-state index in [4.69, 9.17) is 4.74 Å². The van der Waals surface area contributed by atoms with E-state index in [0.29, 0.717) is 12.2 Å². The van der Waals surface area contributed by atoms with Gasteiger partial charge in [0.25, 0.3) is 0 Å². The predicted octanol–water partition coefficient (Wildman–Crippen LogP) is 1.17. The van der Waals surface area contributed by atoms with Gasteiger partial charge in [0, 0.05) is 12.2 Å². The van der Waals surface area contributed by atoms with Crippen LogP contribution in [-0.4, -0.2) is 31.6 Å². The average molecular weight is 250 g/mol. The molecule has 2 N–H and O–H groups in total. The van der Waals surface area contributed by atoms with Gasteiger partial charge in [-0.05, 0) is 18.6 Å². The molecule has 0 saturated heterocycles. The van der Waals surface area contributed by atoms with E-state index in [1.807, 2.05) is 25.1 Å². The van der Waals surface area contributed by atoms with Crippen LogP contribution in [0.4, 0.5) is 5.69 Å². The molecule has 0 radical (unpaired) electrons. The molecule has 5 heteroatoms. The molecule has 0 saturated carbocycles. The van der Waals surface area contributed by atoms with Crippen molar-refractivity contribution in [3.8, 4) is 0 Å². The Labute approximate surface area is 107 Å². The third-order valence-corrected chi connectivity index (χ3v) is 2.10. The van der Waals surface area contributed by atoms with Crippen molar-refractivity contribution < 1.29 is 14.3 Å². The second-order valence-corrected chi connectivity index (χ2v) is 3.76. The summed E-state index contributed by atoms with van der Waals surface area (Å²) in [6, 6.07) is 9.09. The summed E-state index contributed by atoms with van der Waals surface area (Å²) in [7, 11) is 0. The number of rotatable bonds is 7. The number of benzene rings is 1. The molecular weight excluding hydrogens is 232 g/mol. The smallest absolute Gasteiger partial charge is 0.250 e. The summed E-state index contributed by atoms with van der Waals surface area (Å²) in [6.07, 6.45) is 0.875. The molecule has 0 spiro atoms. The number of para-hydroxylation sites is 1. The number of nitrogens with one attached hydrogen (secondary N) is 2. The topological polar surface area (TPSA) is 67.4 Å². The molecule has 1 rings (SSSR count). The second-order valence-electron chi connectivity index (χ2n) is 3.76. The zero-order valence-electron chi connectivity index (χ0n) is 10.4. The predicted molar refractivity (Wildman–Crippen MR) is 69.2 cm³/mol. The van der Waals surface area contributed by atoms with Crippen molar-refractivity contribution in [2.24, 2.45) is 0 Å². The van der Waals surface area contributed by atoms with Gasteiger partial charge >= 0.3 is 0 Å². The number of ether oxygens (including phenoxy) is 1. The monoisotopic (exact) mass is 250 g/mol. The molecule has 1 aromatic carbocycles. The van der Waals surface area contributed by atoms with Gasteiger partial charge in [0.15, 0.2) is 0 Å². The lowest BCUT2D eigenvalue weighted by Gasteiger charge is -2.06. The minimum atomic E-state index is -0.274. The summed E-state index contributed by atoms with van der Waals surface area (Å²) in [4.78, 5) is 22.6. The standard InChI is InChI=1S/C13H18N2O3/c1-2-8-14-12(16)9-18-10-13(17)15-11-6-4-3-5-7-11/h3-7H,2,8-10H2,1H3,(H,14,16)(H,15,17). The molecule has 1 aromatic rings. The SMILES string of the molecule is CCCNC(=O)COCC(=O)Nc1ccccc1. The van der Waals surface area contributed by atoms with Crippen molar-refractivity contribution in [1.29, 1.82) is 0 Å². The van der Waals surface area contributed by atoms with Gasteiger partial charge in [0.2, 0.25) is 11.8 Å². The third-order valence-electron chi connectivity index (χ3n) is 2.10. The third kappa shape index (κ3) is 6.00. The van der Waals surface area contributed by atoms with Crippen LogP contribution in [0.2, 0.25) is 0 Å². The average Bonchev–Trinajstić information content (AvgIpc) is 2.37. The fourth-order valence-electron chi connectivity index (χ4n) is 1.27. The van der Waals surface area contributed by atoms with Gasteiger partial charge in [0.1, 0.15) is 13.2 Å². The highest BCUT2D eigenvalue weighted by atomic mass is 16.5. The first-order chi connectivity index (χ1) is 8.72. The van der Waals surface area contributed by atoms with Crippen LogP contribution in [0.15, 0.2) is 30.3 Å². The number of carbonyl (C=O) groups is 2. The molecule has 98 valence electrons. The normalized spacial score (nSPS) is 9.83. The lowest BCUT2D eigenvalue weighted by molar-refractivity contribution is -0.128. The van der Waals surface area contributed by atoms with Gasteiger partial charge in [-0.25, -0.2) is 0 Å². The largest absolute Gasteiger partial charge is 0.362 e. The summed E-state index contributed by atoms with van der Waals surface area (Å²) >= 11 is 0. The summed E-state index contributed by atoms with van der Waals surface area (Å²) in [6.45, 7) is 2.36. The number of amides is 2. The highest BCUT2D eigenvalue weighted by Gasteiger charge is 2.04. The molecule has 0 aliphatic carbocycles. The Balaban J connectivity index is 2.16. The van der Waals surface area contributed by atoms with Crippen LogP contribution in [0.25, 0.3) is 0 Å². The maximum absolute atomic E-state index is 11.4. The summed E-state index contributed by atoms with van der Waals surface area (Å²) in [5, 5.41) is 5.32. The molecule has 0 aromatic heterocycles. The molecule has 2 amide bonds. The van der Waals surface area contributed by atoms with E-state index < -0.39 is 0 Å². The molecule has 0 heterocycles. The minimum absolute atomic E-state index is 0.0950. The maximum atomic E-state index is 11.4. The van der Waals surface area contributed by atoms with Crippen molar-refractivity contribution in [3.05, 3.63) is 30.3 Å². The van der Waals surface area contributed by atoms with Crippen molar-refractivity contribution in [1.82, 2.24) is 5.32 Å². The zero-order chi connectivity index (χ0) is 13.2. The van der Waals surface area contributed by atoms with Crippen molar-refractivity contribution in [2.45, 2.75) is 13.3 Å². The Hall–Kier alpha value is -1.88. The first kappa shape index (κ1) is 14.2. The van der Waals surface area contributed by atoms with E-state index in [0.717, 1.165) is 6.42 Å². The lowest BCUT2D eigenvalue weighted by atomic mass is 10.3. The van der Waals surface area contributed by atoms with E-state index in [9.17, 15) is 9.59 Å². The summed E-state index contributed by atoms with van der Waals surface area (Å²) in [5.74, 6) is -0.478. The molecule has 0 aliphatic heterocycles. The van der Waals surface area contributed by atoms with Crippen LogP contribution in [0.5, 0.6) is 0 Å². The number of hydrogen-bond donors (Lipinski definition) is 2. The van der Waals surface area contributed by atoms with Crippen LogP contribution in [0.3, 0.4) is 0 Å². The Morgan fingerprint density at radius 2 is 1.78 bits per heavy atom. The van der Waals surface area contributed by atoms with Crippen LogP contribution < -0.4 is 10.6 Å². The highest BCUT2D eigenvalue weighted by Crippen LogP contribution is 2.04. The van der Waals surface area contributed by atoms with Crippen LogP contribution >= 0.6 is 0 Å². The second kappa shape index (κ2) is 8.25. The Morgan fingerprint density at radius 3 is 2.44 bits per heavy atom. The molecule has 18 heavy (non-hydrogen) atoms. The fraction of sp³-hybridized carbons (Fsp3) is 0.385. The van der Waals surface area contributed by atoms with Crippen LogP contribution in [0.1, 0.15) is 13.3 Å². The molecule has 0 bridgehead atoms. The van der Waals surface area contributed by atoms with Crippen LogP contribution in [-0.2, 0) is 14.3 Å². The first-order valence-electron chi connectivity index (χ1n) is 5.91. The zero-order valence-corrected chi connectivity index (χ0v) is 10.4. The van der Waals surface area contributed by atoms with Gasteiger partial charge in [-0.15, -0.1) is 0 Å². The molecule has 5 nitrogen and oxygen atoms in total. The fourth-order valence-corrected chi connectivity index (χ4v) is 1.27.